The van der Waals surface area contributed by atoms with E-state index in [-0.39, 0.29) is 5.91 Å². The van der Waals surface area contributed by atoms with Gasteiger partial charge in [0, 0.05) is 36.9 Å². The molecule has 0 aliphatic carbocycles. The summed E-state index contributed by atoms with van der Waals surface area (Å²) in [5, 5.41) is 5.98. The first kappa shape index (κ1) is 19.4. The van der Waals surface area contributed by atoms with Crippen LogP contribution in [0, 0.1) is 6.92 Å². The van der Waals surface area contributed by atoms with E-state index in [9.17, 15) is 4.79 Å². The Bertz CT molecular complexity index is 903. The van der Waals surface area contributed by atoms with Gasteiger partial charge in [-0.05, 0) is 56.7 Å². The van der Waals surface area contributed by atoms with Gasteiger partial charge in [-0.25, -0.2) is 9.97 Å². The summed E-state index contributed by atoms with van der Waals surface area (Å²) < 4.78 is 5.25. The molecule has 0 unspecified atom stereocenters. The van der Waals surface area contributed by atoms with Crippen molar-refractivity contribution in [3.8, 4) is 0 Å². The predicted molar refractivity (Wildman–Crippen MR) is 111 cm³/mol. The highest BCUT2D eigenvalue weighted by Gasteiger charge is 2.11. The van der Waals surface area contributed by atoms with Gasteiger partial charge in [-0.3, -0.25) is 4.79 Å². The number of anilines is 3. The summed E-state index contributed by atoms with van der Waals surface area (Å²) in [4.78, 5) is 23.2. The number of hydrogen-bond donors (Lipinski definition) is 2. The monoisotopic (exact) mass is 379 g/mol. The summed E-state index contributed by atoms with van der Waals surface area (Å²) in [6.45, 7) is 8.61. The molecule has 2 aromatic heterocycles. The van der Waals surface area contributed by atoms with Gasteiger partial charge in [0.2, 0.25) is 5.95 Å². The maximum atomic E-state index is 12.5. The first-order chi connectivity index (χ1) is 13.6. The van der Waals surface area contributed by atoms with Crippen LogP contribution >= 0.6 is 0 Å². The van der Waals surface area contributed by atoms with Crippen LogP contribution in [0.4, 0.5) is 17.3 Å². The molecular weight excluding hydrogens is 354 g/mol. The maximum absolute atomic E-state index is 12.5. The van der Waals surface area contributed by atoms with E-state index in [1.54, 1.807) is 6.26 Å². The molecule has 3 rings (SSSR count). The molecule has 146 valence electrons. The molecule has 0 bridgehead atoms. The highest BCUT2D eigenvalue weighted by Crippen LogP contribution is 2.23. The van der Waals surface area contributed by atoms with Crippen LogP contribution in [0.5, 0.6) is 0 Å². The molecular formula is C21H25N5O2. The number of amides is 1. The van der Waals surface area contributed by atoms with Crippen molar-refractivity contribution in [1.29, 1.82) is 0 Å². The zero-order valence-electron chi connectivity index (χ0n) is 16.4. The van der Waals surface area contributed by atoms with E-state index in [4.69, 9.17) is 4.42 Å². The Morgan fingerprint density at radius 1 is 1.14 bits per heavy atom. The Kier molecular flexibility index (Phi) is 6.26. The summed E-state index contributed by atoms with van der Waals surface area (Å²) in [6, 6.07) is 9.72. The van der Waals surface area contributed by atoms with E-state index in [0.717, 1.165) is 35.8 Å². The van der Waals surface area contributed by atoms with Crippen molar-refractivity contribution in [1.82, 2.24) is 9.97 Å². The topological polar surface area (TPSA) is 83.3 Å². The lowest BCUT2D eigenvalue weighted by Crippen LogP contribution is -2.22. The molecule has 0 aliphatic rings. The van der Waals surface area contributed by atoms with Crippen LogP contribution in [-0.2, 0) is 6.54 Å². The maximum Gasteiger partial charge on any atom is 0.258 e. The summed E-state index contributed by atoms with van der Waals surface area (Å²) >= 11 is 0. The first-order valence-corrected chi connectivity index (χ1v) is 9.36. The predicted octanol–water partition coefficient (Wildman–Crippen LogP) is 4.09. The third-order valence-corrected chi connectivity index (χ3v) is 4.50. The molecule has 3 aromatic rings. The number of nitrogens with zero attached hydrogens (tertiary/aromatic N) is 3. The molecule has 1 aromatic carbocycles. The van der Waals surface area contributed by atoms with Crippen LogP contribution in [0.3, 0.4) is 0 Å². The Labute approximate surface area is 164 Å². The Morgan fingerprint density at radius 2 is 1.89 bits per heavy atom. The smallest absolute Gasteiger partial charge is 0.258 e. The molecule has 1 amide bonds. The van der Waals surface area contributed by atoms with Gasteiger partial charge in [0.05, 0.1) is 18.4 Å². The van der Waals surface area contributed by atoms with Crippen LogP contribution < -0.4 is 15.5 Å². The van der Waals surface area contributed by atoms with Crippen LogP contribution in [0.1, 0.15) is 35.5 Å². The zero-order valence-corrected chi connectivity index (χ0v) is 16.4. The Morgan fingerprint density at radius 3 is 2.50 bits per heavy atom. The lowest BCUT2D eigenvalue weighted by molar-refractivity contribution is 0.102. The fourth-order valence-electron chi connectivity index (χ4n) is 2.88. The van der Waals surface area contributed by atoms with Gasteiger partial charge in [0.25, 0.3) is 5.91 Å². The first-order valence-electron chi connectivity index (χ1n) is 9.36. The van der Waals surface area contributed by atoms with Gasteiger partial charge >= 0.3 is 0 Å². The van der Waals surface area contributed by atoms with Crippen LogP contribution in [0.15, 0.2) is 53.4 Å². The SMILES string of the molecule is CCN(CC)c1ccc(NC(=O)c2cnc(NCc3ccco3)nc2)c(C)c1. The number of furan rings is 1. The van der Waals surface area contributed by atoms with Gasteiger partial charge in [-0.15, -0.1) is 0 Å². The molecule has 0 saturated heterocycles. The van der Waals surface area contributed by atoms with Crippen molar-refractivity contribution in [3.63, 3.8) is 0 Å². The van der Waals surface area contributed by atoms with E-state index >= 15 is 0 Å². The van der Waals surface area contributed by atoms with Crippen LogP contribution in [0.25, 0.3) is 0 Å². The Balaban J connectivity index is 1.62. The van der Waals surface area contributed by atoms with Gasteiger partial charge < -0.3 is 20.0 Å². The minimum Gasteiger partial charge on any atom is -0.467 e. The van der Waals surface area contributed by atoms with Crippen LogP contribution in [-0.4, -0.2) is 29.0 Å². The van der Waals surface area contributed by atoms with E-state index in [1.165, 1.54) is 12.4 Å². The molecule has 0 spiro atoms. The number of aryl methyl sites for hydroxylation is 1. The van der Waals surface area contributed by atoms with Crippen molar-refractivity contribution in [2.75, 3.05) is 28.6 Å². The molecule has 28 heavy (non-hydrogen) atoms. The average molecular weight is 379 g/mol. The average Bonchev–Trinajstić information content (AvgIpc) is 3.23. The van der Waals surface area contributed by atoms with Crippen molar-refractivity contribution in [3.05, 3.63) is 65.9 Å². The molecule has 7 nitrogen and oxygen atoms in total. The lowest BCUT2D eigenvalue weighted by Gasteiger charge is -2.22. The fourth-order valence-corrected chi connectivity index (χ4v) is 2.88. The van der Waals surface area contributed by atoms with Crippen molar-refractivity contribution in [2.24, 2.45) is 0 Å². The Hall–Kier alpha value is -3.35. The summed E-state index contributed by atoms with van der Waals surface area (Å²) in [5.41, 5.74) is 3.34. The van der Waals surface area contributed by atoms with E-state index in [1.807, 2.05) is 31.2 Å². The minimum absolute atomic E-state index is 0.240. The second-order valence-corrected chi connectivity index (χ2v) is 6.35. The van der Waals surface area contributed by atoms with Crippen LogP contribution in [0.2, 0.25) is 0 Å². The zero-order chi connectivity index (χ0) is 19.9. The third kappa shape index (κ3) is 4.68. The second kappa shape index (κ2) is 9.03. The molecule has 0 radical (unpaired) electrons. The number of hydrogen-bond acceptors (Lipinski definition) is 6. The largest absolute Gasteiger partial charge is 0.467 e. The molecule has 0 atom stereocenters. The molecule has 0 fully saturated rings. The standard InChI is InChI=1S/C21H25N5O2/c1-4-26(5-2)17-8-9-19(15(3)11-17)25-20(27)16-12-22-21(23-13-16)24-14-18-7-6-10-28-18/h6-13H,4-5,14H2,1-3H3,(H,25,27)(H,22,23,24). The fraction of sp³-hybridized carbons (Fsp3) is 0.286. The third-order valence-electron chi connectivity index (χ3n) is 4.50. The van der Waals surface area contributed by atoms with Gasteiger partial charge in [-0.1, -0.05) is 0 Å². The number of carbonyl (C=O) groups excluding carboxylic acids is 1. The molecule has 0 saturated carbocycles. The lowest BCUT2D eigenvalue weighted by atomic mass is 10.1. The number of benzene rings is 1. The van der Waals surface area contributed by atoms with Gasteiger partial charge in [0.15, 0.2) is 0 Å². The number of rotatable bonds is 8. The van der Waals surface area contributed by atoms with Crippen molar-refractivity contribution in [2.45, 2.75) is 27.3 Å². The number of aromatic nitrogens is 2. The summed E-state index contributed by atoms with van der Waals surface area (Å²) in [5.74, 6) is 0.984. The molecule has 7 heteroatoms. The van der Waals surface area contributed by atoms with E-state index < -0.39 is 0 Å². The summed E-state index contributed by atoms with van der Waals surface area (Å²) in [6.07, 6.45) is 4.63. The number of nitrogens with one attached hydrogen (secondary N) is 2. The second-order valence-electron chi connectivity index (χ2n) is 6.35. The highest BCUT2D eigenvalue weighted by molar-refractivity contribution is 6.04. The van der Waals surface area contributed by atoms with Crippen molar-refractivity contribution >= 4 is 23.2 Å². The summed E-state index contributed by atoms with van der Waals surface area (Å²) in [7, 11) is 0. The number of carbonyl (C=O) groups is 1. The quantitative estimate of drug-likeness (QED) is 0.613. The van der Waals surface area contributed by atoms with E-state index in [2.05, 4.69) is 45.4 Å². The highest BCUT2D eigenvalue weighted by atomic mass is 16.3. The van der Waals surface area contributed by atoms with E-state index in [0.29, 0.717) is 18.1 Å². The molecule has 2 heterocycles. The van der Waals surface area contributed by atoms with Gasteiger partial charge in [-0.2, -0.15) is 0 Å². The molecule has 0 aliphatic heterocycles. The van der Waals surface area contributed by atoms with Crippen molar-refractivity contribution < 1.29 is 9.21 Å². The molecule has 2 N–H and O–H groups in total. The van der Waals surface area contributed by atoms with Gasteiger partial charge in [0.1, 0.15) is 5.76 Å². The minimum atomic E-state index is -0.240. The normalized spacial score (nSPS) is 10.5.